The molecule has 0 amide bonds. The Morgan fingerprint density at radius 3 is 2.84 bits per heavy atom. The molecule has 5 nitrogen and oxygen atoms in total. The number of phenolic OH excluding ortho intramolecular Hbond substituents is 2. The summed E-state index contributed by atoms with van der Waals surface area (Å²) in [5.41, 5.74) is 0.476. The van der Waals surface area contributed by atoms with E-state index in [2.05, 4.69) is 5.32 Å². The lowest BCUT2D eigenvalue weighted by molar-refractivity contribution is -0.0172. The number of ether oxygens (including phenoxy) is 2. The van der Waals surface area contributed by atoms with Crippen molar-refractivity contribution in [3.8, 4) is 11.5 Å². The molecule has 1 aromatic carbocycles. The third-order valence-electron chi connectivity index (χ3n) is 3.71. The van der Waals surface area contributed by atoms with Crippen LogP contribution in [0.4, 0.5) is 0 Å². The van der Waals surface area contributed by atoms with Crippen molar-refractivity contribution in [1.82, 2.24) is 5.32 Å². The van der Waals surface area contributed by atoms with Gasteiger partial charge in [0.1, 0.15) is 17.1 Å². The second kappa shape index (κ2) is 5.77. The molecule has 1 fully saturated rings. The van der Waals surface area contributed by atoms with Gasteiger partial charge in [-0.3, -0.25) is 0 Å². The van der Waals surface area contributed by atoms with Crippen molar-refractivity contribution >= 4 is 0 Å². The highest BCUT2D eigenvalue weighted by Gasteiger charge is 2.35. The molecular formula is C14H21NO4. The fourth-order valence-electron chi connectivity index (χ4n) is 2.31. The van der Waals surface area contributed by atoms with E-state index in [1.165, 1.54) is 6.07 Å². The van der Waals surface area contributed by atoms with Crippen LogP contribution in [-0.2, 0) is 9.47 Å². The third-order valence-corrected chi connectivity index (χ3v) is 3.71. The average molecular weight is 267 g/mol. The van der Waals surface area contributed by atoms with Gasteiger partial charge in [0.2, 0.25) is 0 Å². The summed E-state index contributed by atoms with van der Waals surface area (Å²) in [5.74, 6) is 0.153. The van der Waals surface area contributed by atoms with Crippen LogP contribution in [0, 0.1) is 0 Å². The van der Waals surface area contributed by atoms with Crippen molar-refractivity contribution in [3.05, 3.63) is 23.8 Å². The highest BCUT2D eigenvalue weighted by molar-refractivity contribution is 5.40. The van der Waals surface area contributed by atoms with E-state index >= 15 is 0 Å². The summed E-state index contributed by atoms with van der Waals surface area (Å²) in [4.78, 5) is 0. The first-order valence-electron chi connectivity index (χ1n) is 6.44. The molecule has 1 aliphatic heterocycles. The van der Waals surface area contributed by atoms with E-state index in [0.717, 1.165) is 12.0 Å². The van der Waals surface area contributed by atoms with Gasteiger partial charge in [0.15, 0.2) is 0 Å². The molecule has 0 bridgehead atoms. The van der Waals surface area contributed by atoms with Crippen LogP contribution in [0.5, 0.6) is 11.5 Å². The van der Waals surface area contributed by atoms with Gasteiger partial charge in [-0.25, -0.2) is 0 Å². The second-order valence-corrected chi connectivity index (χ2v) is 5.04. The Labute approximate surface area is 113 Å². The van der Waals surface area contributed by atoms with E-state index in [9.17, 15) is 10.2 Å². The monoisotopic (exact) mass is 267 g/mol. The molecule has 2 atom stereocenters. The Balaban J connectivity index is 1.99. The van der Waals surface area contributed by atoms with E-state index < -0.39 is 0 Å². The molecule has 0 radical (unpaired) electrons. The fourth-order valence-corrected chi connectivity index (χ4v) is 2.31. The van der Waals surface area contributed by atoms with Crippen LogP contribution in [0.15, 0.2) is 18.2 Å². The van der Waals surface area contributed by atoms with Gasteiger partial charge >= 0.3 is 0 Å². The highest BCUT2D eigenvalue weighted by Crippen LogP contribution is 2.29. The van der Waals surface area contributed by atoms with Gasteiger partial charge < -0.3 is 25.0 Å². The van der Waals surface area contributed by atoms with Gasteiger partial charge in [0.25, 0.3) is 0 Å². The number of nitrogens with one attached hydrogen (secondary N) is 1. The standard InChI is InChI=1S/C14H21NO4/c1-10(12-4-3-11(16)7-13(12)17)15-8-14(18-2)5-6-19-9-14/h3-4,7,10,15-17H,5-6,8-9H2,1-2H3. The molecule has 2 unspecified atom stereocenters. The summed E-state index contributed by atoms with van der Waals surface area (Å²) < 4.78 is 10.9. The summed E-state index contributed by atoms with van der Waals surface area (Å²) in [7, 11) is 1.69. The van der Waals surface area contributed by atoms with Crippen LogP contribution < -0.4 is 5.32 Å². The zero-order valence-corrected chi connectivity index (χ0v) is 11.3. The van der Waals surface area contributed by atoms with Crippen molar-refractivity contribution < 1.29 is 19.7 Å². The molecule has 1 heterocycles. The molecule has 1 aliphatic rings. The van der Waals surface area contributed by atoms with Crippen molar-refractivity contribution in [2.24, 2.45) is 0 Å². The topological polar surface area (TPSA) is 71.0 Å². The molecule has 106 valence electrons. The molecule has 0 aromatic heterocycles. The lowest BCUT2D eigenvalue weighted by atomic mass is 10.0. The quantitative estimate of drug-likeness (QED) is 0.755. The maximum Gasteiger partial charge on any atom is 0.124 e. The third kappa shape index (κ3) is 3.18. The van der Waals surface area contributed by atoms with Crippen LogP contribution in [0.1, 0.15) is 24.9 Å². The fraction of sp³-hybridized carbons (Fsp3) is 0.571. The minimum atomic E-state index is -0.277. The smallest absolute Gasteiger partial charge is 0.124 e. The molecule has 5 heteroatoms. The van der Waals surface area contributed by atoms with Gasteiger partial charge in [-0.2, -0.15) is 0 Å². The molecule has 0 saturated carbocycles. The molecule has 1 aromatic rings. The van der Waals surface area contributed by atoms with E-state index in [1.807, 2.05) is 6.92 Å². The van der Waals surface area contributed by atoms with Gasteiger partial charge in [-0.1, -0.05) is 6.07 Å². The number of rotatable bonds is 5. The van der Waals surface area contributed by atoms with Crippen LogP contribution in [0.2, 0.25) is 0 Å². The van der Waals surface area contributed by atoms with Crippen LogP contribution in [-0.4, -0.2) is 42.7 Å². The largest absolute Gasteiger partial charge is 0.508 e. The van der Waals surface area contributed by atoms with Crippen LogP contribution in [0.25, 0.3) is 0 Å². The first-order valence-corrected chi connectivity index (χ1v) is 6.44. The lowest BCUT2D eigenvalue weighted by Crippen LogP contribution is -2.43. The van der Waals surface area contributed by atoms with Crippen molar-refractivity contribution in [2.45, 2.75) is 25.0 Å². The zero-order chi connectivity index (χ0) is 13.9. The number of benzene rings is 1. The van der Waals surface area contributed by atoms with E-state index in [4.69, 9.17) is 9.47 Å². The number of methoxy groups -OCH3 is 1. The predicted octanol–water partition coefficient (Wildman–Crippen LogP) is 1.55. The summed E-state index contributed by atoms with van der Waals surface area (Å²) in [6, 6.07) is 4.59. The summed E-state index contributed by atoms with van der Waals surface area (Å²) >= 11 is 0. The summed E-state index contributed by atoms with van der Waals surface area (Å²) in [5, 5.41) is 22.4. The Kier molecular flexibility index (Phi) is 4.29. The van der Waals surface area contributed by atoms with Gasteiger partial charge in [-0.15, -0.1) is 0 Å². The molecule has 19 heavy (non-hydrogen) atoms. The minimum Gasteiger partial charge on any atom is -0.508 e. The maximum absolute atomic E-state index is 9.82. The van der Waals surface area contributed by atoms with Crippen molar-refractivity contribution in [3.63, 3.8) is 0 Å². The van der Waals surface area contributed by atoms with E-state index in [1.54, 1.807) is 19.2 Å². The van der Waals surface area contributed by atoms with E-state index in [0.29, 0.717) is 19.8 Å². The maximum atomic E-state index is 9.82. The zero-order valence-electron chi connectivity index (χ0n) is 11.3. The van der Waals surface area contributed by atoms with Gasteiger partial charge in [0.05, 0.1) is 6.61 Å². The van der Waals surface area contributed by atoms with Gasteiger partial charge in [0, 0.05) is 44.4 Å². The Bertz CT molecular complexity index is 429. The van der Waals surface area contributed by atoms with Crippen LogP contribution >= 0.6 is 0 Å². The number of aromatic hydroxyl groups is 2. The van der Waals surface area contributed by atoms with E-state index in [-0.39, 0.29) is 23.1 Å². The number of hydrogen-bond acceptors (Lipinski definition) is 5. The molecule has 0 spiro atoms. The highest BCUT2D eigenvalue weighted by atomic mass is 16.5. The minimum absolute atomic E-state index is 0.0341. The Morgan fingerprint density at radius 1 is 1.47 bits per heavy atom. The van der Waals surface area contributed by atoms with Crippen LogP contribution in [0.3, 0.4) is 0 Å². The lowest BCUT2D eigenvalue weighted by Gasteiger charge is -2.28. The molecular weight excluding hydrogens is 246 g/mol. The summed E-state index contributed by atoms with van der Waals surface area (Å²) in [6.07, 6.45) is 0.866. The van der Waals surface area contributed by atoms with Crippen molar-refractivity contribution in [1.29, 1.82) is 0 Å². The Hall–Kier alpha value is -1.30. The van der Waals surface area contributed by atoms with Crippen molar-refractivity contribution in [2.75, 3.05) is 26.9 Å². The molecule has 0 aliphatic carbocycles. The molecule has 1 saturated heterocycles. The first kappa shape index (κ1) is 14.1. The SMILES string of the molecule is COC1(CNC(C)c2ccc(O)cc2O)CCOC1. The first-order chi connectivity index (χ1) is 9.06. The predicted molar refractivity (Wildman–Crippen MR) is 71.4 cm³/mol. The number of hydrogen-bond donors (Lipinski definition) is 3. The normalized spacial score (nSPS) is 24.5. The Morgan fingerprint density at radius 2 is 2.26 bits per heavy atom. The number of phenols is 2. The average Bonchev–Trinajstić information content (AvgIpc) is 2.85. The molecule has 2 rings (SSSR count). The molecule has 3 N–H and O–H groups in total. The van der Waals surface area contributed by atoms with Gasteiger partial charge in [-0.05, 0) is 13.0 Å². The second-order valence-electron chi connectivity index (χ2n) is 5.04. The summed E-state index contributed by atoms with van der Waals surface area (Å²) in [6.45, 7) is 3.93.